The van der Waals surface area contributed by atoms with Crippen LogP contribution in [0.25, 0.3) is 10.4 Å². The van der Waals surface area contributed by atoms with Crippen LogP contribution < -0.4 is 0 Å². The van der Waals surface area contributed by atoms with Crippen LogP contribution in [0.1, 0.15) is 138 Å². The van der Waals surface area contributed by atoms with Crippen molar-refractivity contribution in [1.29, 1.82) is 0 Å². The summed E-state index contributed by atoms with van der Waals surface area (Å²) < 4.78 is 18.4. The van der Waals surface area contributed by atoms with E-state index in [2.05, 4.69) is 16.9 Å². The van der Waals surface area contributed by atoms with Gasteiger partial charge in [-0.2, -0.15) is 0 Å². The van der Waals surface area contributed by atoms with Gasteiger partial charge in [-0.25, -0.2) is 0 Å². The lowest BCUT2D eigenvalue weighted by Gasteiger charge is -2.35. The molecule has 0 spiro atoms. The van der Waals surface area contributed by atoms with Crippen molar-refractivity contribution in [2.24, 2.45) is 5.11 Å². The van der Waals surface area contributed by atoms with E-state index in [0.717, 1.165) is 24.8 Å². The maximum atomic E-state index is 11.2. The summed E-state index contributed by atoms with van der Waals surface area (Å²) in [7, 11) is 0. The fraction of sp³-hybridized carbons (Fsp3) is 0.833. The molecule has 8 nitrogen and oxygen atoms in total. The summed E-state index contributed by atoms with van der Waals surface area (Å²) in [5.41, 5.74) is 9.41. The van der Waals surface area contributed by atoms with E-state index in [1.54, 1.807) is 0 Å². The number of hydrogen-bond donors (Lipinski definition) is 2. The molecule has 8 heteroatoms. The third-order valence-corrected chi connectivity index (χ3v) is 7.59. The van der Waals surface area contributed by atoms with Crippen molar-refractivity contribution in [2.75, 3.05) is 13.2 Å². The first-order chi connectivity index (χ1) is 20.9. The molecule has 1 rings (SSSR count). The summed E-state index contributed by atoms with van der Waals surface area (Å²) in [5.74, 6) is 0. The van der Waals surface area contributed by atoms with E-state index >= 15 is 0 Å². The zero-order valence-corrected chi connectivity index (χ0v) is 29.0. The van der Waals surface area contributed by atoms with E-state index in [9.17, 15) is 15.7 Å². The molecule has 0 amide bonds. The molecule has 0 unspecified atom stereocenters. The number of aliphatic hydroxyl groups is 2. The fourth-order valence-electron chi connectivity index (χ4n) is 5.41. The molecular weight excluding hydrogens is 554 g/mol. The number of rotatable bonds is 25. The minimum atomic E-state index is -0.894. The van der Waals surface area contributed by atoms with Crippen LogP contribution in [0.2, 0.25) is 0 Å². The van der Waals surface area contributed by atoms with Crippen LogP contribution in [-0.4, -0.2) is 65.1 Å². The van der Waals surface area contributed by atoms with Crippen molar-refractivity contribution in [3.8, 4) is 0 Å². The van der Waals surface area contributed by atoms with Crippen LogP contribution in [0.15, 0.2) is 35.4 Å². The predicted molar refractivity (Wildman–Crippen MR) is 181 cm³/mol. The average Bonchev–Trinajstić information content (AvgIpc) is 2.95. The molecule has 1 aromatic carbocycles. The Balaban J connectivity index is 2.63. The molecular formula is C36H65N3O5. The van der Waals surface area contributed by atoms with Gasteiger partial charge in [0, 0.05) is 11.3 Å². The van der Waals surface area contributed by atoms with Crippen LogP contribution in [-0.2, 0) is 20.6 Å². The molecule has 0 saturated carbocycles. The normalized spacial score (nSPS) is 15.8. The highest BCUT2D eigenvalue weighted by Crippen LogP contribution is 2.23. The van der Waals surface area contributed by atoms with Gasteiger partial charge < -0.3 is 24.4 Å². The van der Waals surface area contributed by atoms with Gasteiger partial charge in [-0.1, -0.05) is 119 Å². The van der Waals surface area contributed by atoms with Gasteiger partial charge in [-0.15, -0.1) is 0 Å². The lowest BCUT2D eigenvalue weighted by molar-refractivity contribution is -0.142. The summed E-state index contributed by atoms with van der Waals surface area (Å²) in [4.78, 5) is 3.04. The second-order valence-electron chi connectivity index (χ2n) is 14.3. The first kappa shape index (κ1) is 40.4. The Morgan fingerprint density at radius 1 is 0.727 bits per heavy atom. The lowest BCUT2D eigenvalue weighted by Crippen LogP contribution is -2.46. The number of aliphatic hydroxyl groups excluding tert-OH is 2. The monoisotopic (exact) mass is 619 g/mol. The number of benzene rings is 1. The summed E-state index contributed by atoms with van der Waals surface area (Å²) in [6.45, 7) is 13.9. The Labute approximate surface area is 268 Å². The molecule has 0 aromatic heterocycles. The second-order valence-corrected chi connectivity index (χ2v) is 14.3. The van der Waals surface area contributed by atoms with E-state index in [-0.39, 0.29) is 13.2 Å². The molecule has 254 valence electrons. The topological polar surface area (TPSA) is 117 Å². The van der Waals surface area contributed by atoms with Gasteiger partial charge in [0.15, 0.2) is 0 Å². The largest absolute Gasteiger partial charge is 0.390 e. The van der Waals surface area contributed by atoms with Crippen LogP contribution in [0.5, 0.6) is 0 Å². The van der Waals surface area contributed by atoms with Crippen LogP contribution >= 0.6 is 0 Å². The van der Waals surface area contributed by atoms with E-state index in [1.807, 2.05) is 71.9 Å². The Morgan fingerprint density at radius 2 is 1.25 bits per heavy atom. The highest BCUT2D eigenvalue weighted by atomic mass is 16.5. The highest BCUT2D eigenvalue weighted by Gasteiger charge is 2.33. The number of unbranched alkanes of at least 4 members (excludes halogenated alkanes) is 11. The molecule has 5 atom stereocenters. The van der Waals surface area contributed by atoms with Gasteiger partial charge in [-0.05, 0) is 59.1 Å². The summed E-state index contributed by atoms with van der Waals surface area (Å²) in [6, 6.07) is 9.17. The minimum absolute atomic E-state index is 0.00209. The molecule has 44 heavy (non-hydrogen) atoms. The third kappa shape index (κ3) is 20.4. The molecule has 0 bridgehead atoms. The zero-order chi connectivity index (χ0) is 32.8. The maximum absolute atomic E-state index is 11.2. The molecule has 0 radical (unpaired) electrons. The minimum Gasteiger partial charge on any atom is -0.390 e. The number of nitrogens with zero attached hydrogens (tertiary/aromatic N) is 3. The van der Waals surface area contributed by atoms with Crippen LogP contribution in [0.3, 0.4) is 0 Å². The van der Waals surface area contributed by atoms with Crippen LogP contribution in [0.4, 0.5) is 0 Å². The van der Waals surface area contributed by atoms with Crippen molar-refractivity contribution >= 4 is 0 Å². The molecule has 1 aromatic rings. The van der Waals surface area contributed by atoms with Crippen molar-refractivity contribution in [1.82, 2.24) is 0 Å². The highest BCUT2D eigenvalue weighted by molar-refractivity contribution is 5.16. The predicted octanol–water partition coefficient (Wildman–Crippen LogP) is 9.11. The first-order valence-corrected chi connectivity index (χ1v) is 17.2. The number of azide groups is 1. The maximum Gasteiger partial charge on any atom is 0.104 e. The van der Waals surface area contributed by atoms with E-state index < -0.39 is 41.7 Å². The van der Waals surface area contributed by atoms with Crippen molar-refractivity contribution < 1.29 is 24.4 Å². The standard InChI is InChI=1S/C36H65N3O5/c1-8-9-10-11-12-13-14-15-16-17-18-22-25-31(40)34(44-36(5,6)7)30(38-39-37)27-42-28-32(41)33(43-35(2,3)4)26-29-23-20-19-21-24-29/h19-21,23-24,30-34,40-41H,8-18,22,25-28H2,1-7H3/t30-,31+,32-,33-,34-/m0/s1. The molecule has 0 aliphatic rings. The smallest absolute Gasteiger partial charge is 0.104 e. The third-order valence-electron chi connectivity index (χ3n) is 7.59. The number of ether oxygens (including phenoxy) is 3. The molecule has 2 N–H and O–H groups in total. The Bertz CT molecular complexity index is 880. The Morgan fingerprint density at radius 3 is 1.75 bits per heavy atom. The molecule has 0 aliphatic heterocycles. The average molecular weight is 620 g/mol. The van der Waals surface area contributed by atoms with Crippen molar-refractivity contribution in [3.63, 3.8) is 0 Å². The van der Waals surface area contributed by atoms with Gasteiger partial charge in [-0.3, -0.25) is 0 Å². The first-order valence-electron chi connectivity index (χ1n) is 17.2. The van der Waals surface area contributed by atoms with Crippen molar-refractivity contribution in [3.05, 3.63) is 46.3 Å². The quantitative estimate of drug-likeness (QED) is 0.0490. The number of hydrogen-bond acceptors (Lipinski definition) is 6. The Hall–Kier alpha value is -1.67. The fourth-order valence-corrected chi connectivity index (χ4v) is 5.41. The lowest BCUT2D eigenvalue weighted by atomic mass is 9.98. The molecule has 0 aliphatic carbocycles. The van der Waals surface area contributed by atoms with Gasteiger partial charge in [0.05, 0.1) is 48.8 Å². The van der Waals surface area contributed by atoms with E-state index in [1.165, 1.54) is 57.8 Å². The van der Waals surface area contributed by atoms with Gasteiger partial charge in [0.1, 0.15) is 6.10 Å². The molecule has 0 saturated heterocycles. The summed E-state index contributed by atoms with van der Waals surface area (Å²) in [5, 5.41) is 26.2. The van der Waals surface area contributed by atoms with Gasteiger partial charge >= 0.3 is 0 Å². The molecule has 0 heterocycles. The van der Waals surface area contributed by atoms with E-state index in [0.29, 0.717) is 12.8 Å². The summed E-state index contributed by atoms with van der Waals surface area (Å²) >= 11 is 0. The van der Waals surface area contributed by atoms with Gasteiger partial charge in [0.25, 0.3) is 0 Å². The SMILES string of the molecule is CCCCCCCCCCCCCC[C@@H](O)[C@@H](OC(C)(C)C)[C@H](COC[C@H](O)[C@H](Cc1ccccc1)OC(C)(C)C)N=[N+]=[N-]. The second kappa shape index (κ2) is 22.8. The Kier molecular flexibility index (Phi) is 20.9. The van der Waals surface area contributed by atoms with Gasteiger partial charge in [0.2, 0.25) is 0 Å². The van der Waals surface area contributed by atoms with Crippen LogP contribution in [0, 0.1) is 0 Å². The summed E-state index contributed by atoms with van der Waals surface area (Å²) in [6.07, 6.45) is 13.2. The van der Waals surface area contributed by atoms with Crippen molar-refractivity contribution in [2.45, 2.75) is 180 Å². The zero-order valence-electron chi connectivity index (χ0n) is 29.0. The van der Waals surface area contributed by atoms with E-state index in [4.69, 9.17) is 14.2 Å². The molecule has 0 fully saturated rings.